The first kappa shape index (κ1) is 25.8. The zero-order valence-electron chi connectivity index (χ0n) is 20.5. The summed E-state index contributed by atoms with van der Waals surface area (Å²) in [6.45, 7) is 7.33. The largest absolute Gasteiger partial charge is 0.381 e. The molecule has 0 saturated carbocycles. The van der Waals surface area contributed by atoms with E-state index in [1.165, 1.54) is 6.92 Å². The second-order valence-corrected chi connectivity index (χ2v) is 8.72. The van der Waals surface area contributed by atoms with E-state index in [2.05, 4.69) is 5.32 Å². The Morgan fingerprint density at radius 3 is 2.44 bits per heavy atom. The van der Waals surface area contributed by atoms with Crippen molar-refractivity contribution in [3.05, 3.63) is 0 Å². The molecule has 0 aromatic heterocycles. The normalized spacial score (nSPS) is 18.5. The van der Waals surface area contributed by atoms with Gasteiger partial charge < -0.3 is 14.8 Å². The number of amides is 3. The summed E-state index contributed by atoms with van der Waals surface area (Å²) in [5.74, 6) is -2.33. The Kier molecular flexibility index (Phi) is 11.2. The number of hydrogen-bond donors (Lipinski definition) is 1. The first-order valence-electron chi connectivity index (χ1n) is 11.7. The fourth-order valence-corrected chi connectivity index (χ4v) is 3.42. The summed E-state index contributed by atoms with van der Waals surface area (Å²) in [6.07, 6.45) is 0.201. The third-order valence-corrected chi connectivity index (χ3v) is 5.34. The minimum Gasteiger partial charge on any atom is -0.381 e. The Hall–Kier alpha value is -2.42. The maximum atomic E-state index is 12.3. The van der Waals surface area contributed by atoms with E-state index in [4.69, 9.17) is 6.11 Å². The highest BCUT2D eigenvalue weighted by Gasteiger charge is 2.35. The smallest absolute Gasteiger partial charge is 0.232 e. The number of carbonyl (C=O) groups is 6. The van der Waals surface area contributed by atoms with Crippen LogP contribution in [0.2, 0.25) is 0 Å². The fraction of sp³-hybridized carbons (Fsp3) is 0.739. The van der Waals surface area contributed by atoms with Crippen LogP contribution in [-0.4, -0.2) is 66.3 Å². The SMILES string of the molecule is [2H]C(=O)[C@H](C)CC(=O)[C@@H](NC(=O)CCOCCCC(=O)CCN1C(=O)CC(C)C1=O)C(C)C. The lowest BCUT2D eigenvalue weighted by Gasteiger charge is -2.22. The summed E-state index contributed by atoms with van der Waals surface area (Å²) in [5.41, 5.74) is 0. The maximum Gasteiger partial charge on any atom is 0.232 e. The van der Waals surface area contributed by atoms with Crippen molar-refractivity contribution in [2.24, 2.45) is 17.8 Å². The van der Waals surface area contributed by atoms with Crippen molar-refractivity contribution in [3.63, 3.8) is 0 Å². The van der Waals surface area contributed by atoms with Gasteiger partial charge in [0.25, 0.3) is 0 Å². The van der Waals surface area contributed by atoms with E-state index in [9.17, 15) is 28.8 Å². The van der Waals surface area contributed by atoms with Crippen molar-refractivity contribution in [3.8, 4) is 0 Å². The average molecular weight is 454 g/mol. The van der Waals surface area contributed by atoms with E-state index in [1.807, 2.05) is 0 Å². The van der Waals surface area contributed by atoms with E-state index in [0.29, 0.717) is 6.42 Å². The van der Waals surface area contributed by atoms with Crippen LogP contribution in [-0.2, 0) is 33.5 Å². The summed E-state index contributed by atoms with van der Waals surface area (Å²) in [4.78, 5) is 72.2. The number of rotatable bonds is 16. The molecule has 180 valence electrons. The second-order valence-electron chi connectivity index (χ2n) is 8.72. The van der Waals surface area contributed by atoms with Crippen LogP contribution in [0.4, 0.5) is 0 Å². The van der Waals surface area contributed by atoms with Gasteiger partial charge in [0, 0.05) is 57.1 Å². The molecule has 0 aromatic carbocycles. The first-order chi connectivity index (χ1) is 15.4. The number of hydrogen-bond acceptors (Lipinski definition) is 7. The topological polar surface area (TPSA) is 127 Å². The van der Waals surface area contributed by atoms with Gasteiger partial charge in [-0.15, -0.1) is 0 Å². The van der Waals surface area contributed by atoms with E-state index in [1.54, 1.807) is 20.8 Å². The molecule has 32 heavy (non-hydrogen) atoms. The molecule has 1 N–H and O–H groups in total. The van der Waals surface area contributed by atoms with Gasteiger partial charge in [-0.3, -0.25) is 28.9 Å². The molecule has 1 unspecified atom stereocenters. The van der Waals surface area contributed by atoms with Crippen molar-refractivity contribution in [1.29, 1.82) is 0 Å². The molecule has 9 heteroatoms. The Bertz CT molecular complexity index is 753. The number of nitrogens with one attached hydrogen (secondary N) is 1. The maximum absolute atomic E-state index is 12.3. The number of likely N-dealkylation sites (tertiary alicyclic amines) is 1. The number of aldehydes is 1. The predicted octanol–water partition coefficient (Wildman–Crippen LogP) is 1.46. The Labute approximate surface area is 191 Å². The van der Waals surface area contributed by atoms with Gasteiger partial charge in [0.2, 0.25) is 17.7 Å². The molecule has 9 nitrogen and oxygen atoms in total. The summed E-state index contributed by atoms with van der Waals surface area (Å²) in [5, 5.41) is 2.67. The molecule has 0 spiro atoms. The van der Waals surface area contributed by atoms with Crippen LogP contribution in [0, 0.1) is 17.8 Å². The molecule has 3 amide bonds. The summed E-state index contributed by atoms with van der Waals surface area (Å²) < 4.78 is 12.5. The van der Waals surface area contributed by atoms with Crippen molar-refractivity contribution in [1.82, 2.24) is 10.2 Å². The third kappa shape index (κ3) is 9.38. The van der Waals surface area contributed by atoms with Crippen molar-refractivity contribution < 1.29 is 34.9 Å². The molecule has 3 atom stereocenters. The van der Waals surface area contributed by atoms with E-state index in [0.717, 1.165) is 4.90 Å². The van der Waals surface area contributed by atoms with Crippen molar-refractivity contribution in [2.45, 2.75) is 72.3 Å². The average Bonchev–Trinajstić information content (AvgIpc) is 2.97. The van der Waals surface area contributed by atoms with Crippen LogP contribution >= 0.6 is 0 Å². The van der Waals surface area contributed by atoms with Crippen LogP contribution < -0.4 is 5.32 Å². The monoisotopic (exact) mass is 453 g/mol. The van der Waals surface area contributed by atoms with Crippen LogP contribution in [0.3, 0.4) is 0 Å². The van der Waals surface area contributed by atoms with Gasteiger partial charge in [-0.2, -0.15) is 0 Å². The second kappa shape index (κ2) is 13.9. The lowest BCUT2D eigenvalue weighted by atomic mass is 9.93. The zero-order chi connectivity index (χ0) is 25.1. The predicted molar refractivity (Wildman–Crippen MR) is 116 cm³/mol. The number of ether oxygens (including phenoxy) is 1. The number of Topliss-reactive ketones (excluding diaryl/α,β-unsaturated/α-hetero) is 2. The lowest BCUT2D eigenvalue weighted by molar-refractivity contribution is -0.139. The molecule has 1 aliphatic rings. The number of nitrogens with zero attached hydrogens (tertiary/aromatic N) is 1. The third-order valence-electron chi connectivity index (χ3n) is 5.34. The number of carbonyl (C=O) groups excluding carboxylic acids is 6. The van der Waals surface area contributed by atoms with Crippen molar-refractivity contribution in [2.75, 3.05) is 19.8 Å². The molecule has 1 fully saturated rings. The van der Waals surface area contributed by atoms with Crippen molar-refractivity contribution >= 4 is 35.6 Å². The number of ketones is 2. The molecule has 1 aliphatic heterocycles. The van der Waals surface area contributed by atoms with Gasteiger partial charge in [0.1, 0.15) is 13.4 Å². The standard InChI is InChI=1S/C23H36N2O7/c1-15(2)22(19(28)12-16(3)14-26)24-20(29)8-11-32-10-5-6-18(27)7-9-25-21(30)13-17(4)23(25)31/h14-17,22H,5-13H2,1-4H3,(H,24,29)/t16-,17?,22+/m1/s1/i14D. The minimum atomic E-state index is -0.809. The fourth-order valence-electron chi connectivity index (χ4n) is 3.42. The highest BCUT2D eigenvalue weighted by molar-refractivity contribution is 6.03. The Morgan fingerprint density at radius 2 is 1.88 bits per heavy atom. The molecular formula is C23H36N2O7. The molecule has 0 aliphatic carbocycles. The Morgan fingerprint density at radius 1 is 1.19 bits per heavy atom. The molecule has 1 heterocycles. The Balaban J connectivity index is 2.22. The van der Waals surface area contributed by atoms with Gasteiger partial charge in [-0.1, -0.05) is 27.7 Å². The van der Waals surface area contributed by atoms with Gasteiger partial charge in [-0.05, 0) is 12.3 Å². The van der Waals surface area contributed by atoms with Crippen LogP contribution in [0.15, 0.2) is 0 Å². The molecule has 1 rings (SSSR count). The van der Waals surface area contributed by atoms with Gasteiger partial charge in [0.15, 0.2) is 5.78 Å². The van der Waals surface area contributed by atoms with Crippen LogP contribution in [0.1, 0.15) is 67.6 Å². The summed E-state index contributed by atoms with van der Waals surface area (Å²) >= 11 is 0. The van der Waals surface area contributed by atoms with Crippen LogP contribution in [0.25, 0.3) is 0 Å². The van der Waals surface area contributed by atoms with E-state index >= 15 is 0 Å². The highest BCUT2D eigenvalue weighted by Crippen LogP contribution is 2.19. The molecule has 0 aromatic rings. The highest BCUT2D eigenvalue weighted by atomic mass is 16.5. The summed E-state index contributed by atoms with van der Waals surface area (Å²) in [7, 11) is 0. The van der Waals surface area contributed by atoms with E-state index in [-0.39, 0.29) is 93.0 Å². The minimum absolute atomic E-state index is 0.0503. The van der Waals surface area contributed by atoms with Gasteiger partial charge >= 0.3 is 0 Å². The molecular weight excluding hydrogens is 416 g/mol. The first-order valence-corrected chi connectivity index (χ1v) is 11.2. The lowest BCUT2D eigenvalue weighted by Crippen LogP contribution is -2.45. The number of imide groups is 1. The molecule has 0 radical (unpaired) electrons. The zero-order valence-corrected chi connectivity index (χ0v) is 19.5. The van der Waals surface area contributed by atoms with Crippen LogP contribution in [0.5, 0.6) is 0 Å². The molecule has 0 bridgehead atoms. The molecule has 1 saturated heterocycles. The van der Waals surface area contributed by atoms with Gasteiger partial charge in [0.05, 0.1) is 12.6 Å². The summed E-state index contributed by atoms with van der Waals surface area (Å²) in [6, 6.07) is -0.728. The van der Waals surface area contributed by atoms with E-state index < -0.39 is 18.2 Å². The van der Waals surface area contributed by atoms with Gasteiger partial charge in [-0.25, -0.2) is 0 Å². The quantitative estimate of drug-likeness (QED) is 0.213.